The Balaban J connectivity index is 4.82. The molecule has 0 radical (unpaired) electrons. The molecule has 0 saturated carbocycles. The number of rotatable bonds is 10. The summed E-state index contributed by atoms with van der Waals surface area (Å²) < 4.78 is 23.0. The maximum absolute atomic E-state index is 12.1. The molecule has 0 N–H and O–H groups in total. The maximum atomic E-state index is 12.1. The van der Waals surface area contributed by atoms with Crippen molar-refractivity contribution in [2.75, 3.05) is 0 Å². The molecule has 0 aromatic heterocycles. The molecule has 0 rings (SSSR count). The summed E-state index contributed by atoms with van der Waals surface area (Å²) in [5.41, 5.74) is -1.51. The zero-order chi connectivity index (χ0) is 15.6. The van der Waals surface area contributed by atoms with Crippen LogP contribution in [-0.4, -0.2) is 11.2 Å². The van der Waals surface area contributed by atoms with E-state index in [0.717, 1.165) is 0 Å². The van der Waals surface area contributed by atoms with Crippen LogP contribution in [-0.2, 0) is 13.6 Å². The van der Waals surface area contributed by atoms with Gasteiger partial charge in [0.05, 0.1) is 0 Å². The lowest BCUT2D eigenvalue weighted by molar-refractivity contribution is 0.0351. The second kappa shape index (κ2) is 8.72. The van der Waals surface area contributed by atoms with Crippen LogP contribution >= 0.6 is 8.25 Å². The Kier molecular flexibility index (Phi) is 8.12. The minimum Gasteiger partial charge on any atom is -0.120 e. The molecule has 0 amide bonds. The molecule has 2 unspecified atom stereocenters. The van der Waals surface area contributed by atoms with Crippen molar-refractivity contribution in [1.82, 2.24) is 0 Å². The highest BCUT2D eigenvalue weighted by atomic mass is 31.1. The molecule has 0 saturated heterocycles. The summed E-state index contributed by atoms with van der Waals surface area (Å²) in [7, 11) is -2.34. The van der Waals surface area contributed by atoms with Gasteiger partial charge in [-0.2, -0.15) is 0 Å². The molecule has 20 heavy (non-hydrogen) atoms. The van der Waals surface area contributed by atoms with Crippen LogP contribution in [0, 0.1) is 24.7 Å². The molecule has 108 valence electrons. The van der Waals surface area contributed by atoms with Crippen LogP contribution in [0.1, 0.15) is 39.5 Å². The Hall–Kier alpha value is -1.38. The van der Waals surface area contributed by atoms with Crippen LogP contribution in [0.25, 0.3) is 0 Å². The van der Waals surface area contributed by atoms with E-state index in [2.05, 4.69) is 25.0 Å². The van der Waals surface area contributed by atoms with Gasteiger partial charge in [-0.15, -0.1) is 46.9 Å². The second-order valence-electron chi connectivity index (χ2n) is 5.05. The summed E-state index contributed by atoms with van der Waals surface area (Å²) in [4.78, 5) is 0. The lowest BCUT2D eigenvalue weighted by Gasteiger charge is -2.22. The van der Waals surface area contributed by atoms with Gasteiger partial charge in [0, 0.05) is 17.4 Å². The van der Waals surface area contributed by atoms with Crippen molar-refractivity contribution < 1.29 is 13.6 Å². The van der Waals surface area contributed by atoms with E-state index in [1.807, 2.05) is 0 Å². The maximum Gasteiger partial charge on any atom is 0.698 e. The summed E-state index contributed by atoms with van der Waals surface area (Å²) in [5.74, 6) is 5.01. The van der Waals surface area contributed by atoms with Gasteiger partial charge in [0.15, 0.2) is 0 Å². The molecule has 4 heteroatoms. The zero-order valence-electron chi connectivity index (χ0n) is 12.2. The molecule has 0 spiro atoms. The summed E-state index contributed by atoms with van der Waals surface area (Å²) >= 11 is 0. The van der Waals surface area contributed by atoms with Gasteiger partial charge < -0.3 is 0 Å². The highest BCUT2D eigenvalue weighted by Crippen LogP contribution is 2.41. The lowest BCUT2D eigenvalue weighted by Crippen LogP contribution is -2.28. The zero-order valence-corrected chi connectivity index (χ0v) is 13.1. The van der Waals surface area contributed by atoms with E-state index in [1.165, 1.54) is 0 Å². The quantitative estimate of drug-likeness (QED) is 0.340. The fourth-order valence-corrected chi connectivity index (χ4v) is 2.74. The van der Waals surface area contributed by atoms with Gasteiger partial charge in [-0.3, -0.25) is 0 Å². The molecule has 0 aliphatic carbocycles. The van der Waals surface area contributed by atoms with Gasteiger partial charge >= 0.3 is 8.25 Å². The molecule has 0 aromatic carbocycles. The Labute approximate surface area is 123 Å². The molecule has 2 atom stereocenters. The van der Waals surface area contributed by atoms with Gasteiger partial charge in [0.1, 0.15) is 11.2 Å². The van der Waals surface area contributed by atoms with Crippen LogP contribution < -0.4 is 0 Å². The molecule has 0 aromatic rings. The second-order valence-corrected chi connectivity index (χ2v) is 5.87. The smallest absolute Gasteiger partial charge is 0.120 e. The van der Waals surface area contributed by atoms with E-state index in [0.29, 0.717) is 25.7 Å². The topological polar surface area (TPSA) is 35.5 Å². The van der Waals surface area contributed by atoms with Crippen LogP contribution in [0.3, 0.4) is 0 Å². The van der Waals surface area contributed by atoms with Crippen LogP contribution in [0.2, 0.25) is 0 Å². The first-order chi connectivity index (χ1) is 9.34. The first kappa shape index (κ1) is 18.6. The summed E-state index contributed by atoms with van der Waals surface area (Å²) in [6, 6.07) is 0. The monoisotopic (exact) mass is 293 g/mol. The molecule has 0 aliphatic rings. The van der Waals surface area contributed by atoms with Gasteiger partial charge in [-0.1, -0.05) is 12.2 Å². The lowest BCUT2D eigenvalue weighted by atomic mass is 9.99. The standard InChI is InChI=1S/C16H22O3P/c1-7-11-15(5,12-8-2)18-20(17)19-16(6,13-9-3)14-10-4/h1,3,8,10H,2,4,11-14H2,5-6H3/q+1. The van der Waals surface area contributed by atoms with Crippen LogP contribution in [0.15, 0.2) is 25.3 Å². The van der Waals surface area contributed by atoms with Gasteiger partial charge in [-0.05, 0) is 26.7 Å². The van der Waals surface area contributed by atoms with Gasteiger partial charge in [-0.25, -0.2) is 0 Å². The van der Waals surface area contributed by atoms with Gasteiger partial charge in [0.2, 0.25) is 0 Å². The molecule has 0 aliphatic heterocycles. The fraction of sp³-hybridized carbons (Fsp3) is 0.500. The van der Waals surface area contributed by atoms with E-state index < -0.39 is 19.5 Å². The molecular formula is C16H22O3P+. The van der Waals surface area contributed by atoms with Crippen molar-refractivity contribution in [3.8, 4) is 24.7 Å². The van der Waals surface area contributed by atoms with Gasteiger partial charge in [0.25, 0.3) is 0 Å². The average Bonchev–Trinajstić information content (AvgIpc) is 2.28. The fourth-order valence-electron chi connectivity index (χ4n) is 1.70. The summed E-state index contributed by atoms with van der Waals surface area (Å²) in [6.07, 6.45) is 15.5. The number of hydrogen-bond acceptors (Lipinski definition) is 3. The van der Waals surface area contributed by atoms with Crippen LogP contribution in [0.4, 0.5) is 0 Å². The molecule has 0 fully saturated rings. The largest absolute Gasteiger partial charge is 0.698 e. The highest BCUT2D eigenvalue weighted by Gasteiger charge is 2.42. The minimum atomic E-state index is -2.34. The van der Waals surface area contributed by atoms with Crippen molar-refractivity contribution in [3.05, 3.63) is 25.3 Å². The van der Waals surface area contributed by atoms with E-state index in [9.17, 15) is 4.57 Å². The average molecular weight is 293 g/mol. The van der Waals surface area contributed by atoms with Crippen molar-refractivity contribution in [2.45, 2.75) is 50.7 Å². The minimum absolute atomic E-state index is 0.316. The third kappa shape index (κ3) is 6.69. The summed E-state index contributed by atoms with van der Waals surface area (Å²) in [6.45, 7) is 10.8. The molecular weight excluding hydrogens is 271 g/mol. The first-order valence-corrected chi connectivity index (χ1v) is 7.38. The Morgan fingerprint density at radius 3 is 1.65 bits per heavy atom. The summed E-state index contributed by atoms with van der Waals surface area (Å²) in [5, 5.41) is 0. The van der Waals surface area contributed by atoms with Crippen molar-refractivity contribution in [1.29, 1.82) is 0 Å². The van der Waals surface area contributed by atoms with Crippen LogP contribution in [0.5, 0.6) is 0 Å². The normalized spacial score (nSPS) is 16.9. The predicted octanol–water partition coefficient (Wildman–Crippen LogP) is 4.39. The Bertz CT molecular complexity index is 404. The number of hydrogen-bond donors (Lipinski definition) is 0. The van der Waals surface area contributed by atoms with E-state index in [-0.39, 0.29) is 0 Å². The predicted molar refractivity (Wildman–Crippen MR) is 83.1 cm³/mol. The first-order valence-electron chi connectivity index (χ1n) is 6.29. The third-order valence-electron chi connectivity index (χ3n) is 2.69. The Morgan fingerprint density at radius 2 is 1.40 bits per heavy atom. The Morgan fingerprint density at radius 1 is 1.05 bits per heavy atom. The molecule has 0 heterocycles. The van der Waals surface area contributed by atoms with E-state index >= 15 is 0 Å². The molecule has 0 bridgehead atoms. The van der Waals surface area contributed by atoms with Crippen molar-refractivity contribution in [2.24, 2.45) is 0 Å². The SMILES string of the molecule is C#CCC(C)(CC=C)O[P+](=O)OC(C)(CC#C)CC=C. The number of terminal acetylenes is 2. The van der Waals surface area contributed by atoms with E-state index in [4.69, 9.17) is 21.9 Å². The van der Waals surface area contributed by atoms with Crippen molar-refractivity contribution >= 4 is 8.25 Å². The third-order valence-corrected chi connectivity index (χ3v) is 3.87. The van der Waals surface area contributed by atoms with Crippen molar-refractivity contribution in [3.63, 3.8) is 0 Å². The molecule has 3 nitrogen and oxygen atoms in total. The highest BCUT2D eigenvalue weighted by molar-refractivity contribution is 7.33. The van der Waals surface area contributed by atoms with E-state index in [1.54, 1.807) is 26.0 Å².